The highest BCUT2D eigenvalue weighted by atomic mass is 33.1. The first-order valence-electron chi connectivity index (χ1n) is 24.0. The second kappa shape index (κ2) is 31.7. The second-order valence-electron chi connectivity index (χ2n) is 16.9. The molecule has 5 amide bonds. The third-order valence-electron chi connectivity index (χ3n) is 10.6. The number of ether oxygens (including phenoxy) is 5. The summed E-state index contributed by atoms with van der Waals surface area (Å²) >= 11 is 0. The smallest absolute Gasteiger partial charge is 0.407 e. The van der Waals surface area contributed by atoms with E-state index in [1.165, 1.54) is 12.1 Å². The number of fused-ring (bicyclic) bond motifs is 2. The maximum Gasteiger partial charge on any atom is 0.407 e. The van der Waals surface area contributed by atoms with Crippen molar-refractivity contribution in [3.63, 3.8) is 0 Å². The molecule has 74 heavy (non-hydrogen) atoms. The zero-order valence-corrected chi connectivity index (χ0v) is 44.3. The molecule has 2 aliphatic rings. The van der Waals surface area contributed by atoms with E-state index in [1.807, 2.05) is 65.8 Å². The zero-order chi connectivity index (χ0) is 53.9. The molecule has 2 aromatic carbocycles. The number of unbranched alkanes of at least 4 members (excludes halogenated alkanes) is 1. The number of aromatic carboxylic acids is 1. The fourth-order valence-corrected chi connectivity index (χ4v) is 9.23. The number of aryl methyl sites for hydroxylation is 2. The molecule has 0 fully saturated rings. The summed E-state index contributed by atoms with van der Waals surface area (Å²) in [6.07, 6.45) is 2.22. The van der Waals surface area contributed by atoms with Crippen LogP contribution in [0.3, 0.4) is 0 Å². The van der Waals surface area contributed by atoms with Crippen LogP contribution in [-0.2, 0) is 28.5 Å². The van der Waals surface area contributed by atoms with Gasteiger partial charge in [0.15, 0.2) is 6.29 Å². The largest absolute Gasteiger partial charge is 0.478 e. The number of carbonyl (C=O) groups excluding carboxylic acids is 5. The van der Waals surface area contributed by atoms with Gasteiger partial charge in [0, 0.05) is 83.6 Å². The maximum absolute atomic E-state index is 13.5. The molecule has 0 atom stereocenters. The van der Waals surface area contributed by atoms with Crippen LogP contribution >= 0.6 is 21.6 Å². The van der Waals surface area contributed by atoms with Gasteiger partial charge in [-0.25, -0.2) is 19.2 Å². The topological polar surface area (TPSA) is 280 Å². The average Bonchev–Trinajstić information content (AvgIpc) is 3.36. The molecule has 400 valence electrons. The third-order valence-corrected chi connectivity index (χ3v) is 13.6. The molecule has 0 spiro atoms. The predicted molar refractivity (Wildman–Crippen MR) is 286 cm³/mol. The van der Waals surface area contributed by atoms with Crippen LogP contribution in [0.1, 0.15) is 78.8 Å². The summed E-state index contributed by atoms with van der Waals surface area (Å²) in [7, 11) is 3.17. The van der Waals surface area contributed by atoms with Crippen LogP contribution in [0.2, 0.25) is 0 Å². The van der Waals surface area contributed by atoms with Crippen molar-refractivity contribution in [2.24, 2.45) is 10.7 Å². The molecule has 0 unspecified atom stereocenters. The summed E-state index contributed by atoms with van der Waals surface area (Å²) in [5.41, 5.74) is 10.3. The third kappa shape index (κ3) is 20.3. The van der Waals surface area contributed by atoms with E-state index in [4.69, 9.17) is 33.8 Å². The minimum absolute atomic E-state index is 0.00863. The van der Waals surface area contributed by atoms with Crippen LogP contribution in [0.25, 0.3) is 33.4 Å². The number of aldehydes is 1. The van der Waals surface area contributed by atoms with Crippen molar-refractivity contribution < 1.29 is 62.0 Å². The summed E-state index contributed by atoms with van der Waals surface area (Å²) in [4.78, 5) is 76.4. The van der Waals surface area contributed by atoms with E-state index >= 15 is 0 Å². The number of carbonyl (C=O) groups is 6. The van der Waals surface area contributed by atoms with Crippen molar-refractivity contribution in [3.8, 4) is 34.3 Å². The Bertz CT molecular complexity index is 2700. The molecule has 2 aromatic rings. The van der Waals surface area contributed by atoms with Crippen molar-refractivity contribution in [2.45, 2.75) is 65.6 Å². The molecule has 1 aliphatic carbocycles. The molecular weight excluding hydrogens is 995 g/mol. The van der Waals surface area contributed by atoms with Crippen molar-refractivity contribution in [1.29, 1.82) is 0 Å². The monoisotopic (exact) mass is 1060 g/mol. The predicted octanol–water partition coefficient (Wildman–Crippen LogP) is 7.15. The Balaban J connectivity index is 1.09. The highest BCUT2D eigenvalue weighted by molar-refractivity contribution is 8.77. The van der Waals surface area contributed by atoms with Gasteiger partial charge in [0.2, 0.25) is 0 Å². The number of carboxylic acid groups (broad SMARTS) is 1. The van der Waals surface area contributed by atoms with E-state index in [0.29, 0.717) is 84.6 Å². The average molecular weight is 1060 g/mol. The molecule has 1 heterocycles. The fourth-order valence-electron chi connectivity index (χ4n) is 6.96. The Morgan fingerprint density at radius 1 is 0.838 bits per heavy atom. The lowest BCUT2D eigenvalue weighted by Gasteiger charge is -2.22. The van der Waals surface area contributed by atoms with Gasteiger partial charge in [-0.1, -0.05) is 33.4 Å². The number of urea groups is 1. The normalized spacial score (nSPS) is 11.6. The van der Waals surface area contributed by atoms with E-state index in [2.05, 4.69) is 43.4 Å². The second-order valence-corrected chi connectivity index (χ2v) is 19.8. The fraction of sp³-hybridized carbons (Fsp3) is 0.442. The number of carboxylic acids is 1. The number of allylic oxidation sites excluding steroid dienone is 1. The van der Waals surface area contributed by atoms with Crippen LogP contribution < -0.4 is 37.7 Å². The number of amides is 5. The van der Waals surface area contributed by atoms with Crippen molar-refractivity contribution in [1.82, 2.24) is 21.3 Å². The van der Waals surface area contributed by atoms with Crippen LogP contribution in [0, 0.1) is 25.7 Å². The molecule has 0 aromatic heterocycles. The summed E-state index contributed by atoms with van der Waals surface area (Å²) in [6, 6.07) is 11.5. The first kappa shape index (κ1) is 59.8. The molecular formula is C52H67N7O13S2. The first-order chi connectivity index (χ1) is 35.6. The number of primary amides is 1. The zero-order valence-electron chi connectivity index (χ0n) is 42.7. The Morgan fingerprint density at radius 2 is 1.55 bits per heavy atom. The van der Waals surface area contributed by atoms with Gasteiger partial charge in [-0.3, -0.25) is 14.6 Å². The highest BCUT2D eigenvalue weighted by Gasteiger charge is 2.25. The summed E-state index contributed by atoms with van der Waals surface area (Å²) in [6.45, 7) is 15.6. The molecule has 0 bridgehead atoms. The number of nitrogens with two attached hydrogens (primary N) is 1. The summed E-state index contributed by atoms with van der Waals surface area (Å²) in [5, 5.41) is 25.3. The lowest BCUT2D eigenvalue weighted by atomic mass is 9.88. The number of hydrogen-bond donors (Lipinski definition) is 7. The molecule has 4 rings (SSSR count). The van der Waals surface area contributed by atoms with Crippen LogP contribution in [0.4, 0.5) is 20.1 Å². The number of hydrogen-bond acceptors (Lipinski definition) is 16. The van der Waals surface area contributed by atoms with Crippen molar-refractivity contribution in [2.75, 3.05) is 90.2 Å². The standard InChI is InChI=1S/C52H67N7O13S2/c1-7-54-42-29-44-40(26-34(42)3)46(41-27-35(4)43(55-8-2)30-45(41)72-44)39-28-37(13-14-38(39)48(62)63)47(61)56-17-22-67-24-25-68-23-18-58-51(66)71-21-15-52(5,6)74-73-33-69-19-9-10-20-70-50(65)57-16-11-12-36(32-60)31-59-49(53)64/h13-14,26-32,54H,7-10,15-25,33H2,1-6H3,(H,56,61)(H,57,65)(H,58,66)(H,62,63)(H3,53,59,64)/b36-31-,55-43-. The lowest BCUT2D eigenvalue weighted by Crippen LogP contribution is -2.30. The Kier molecular flexibility index (Phi) is 25.6. The van der Waals surface area contributed by atoms with Crippen LogP contribution in [0.5, 0.6) is 0 Å². The van der Waals surface area contributed by atoms with E-state index in [-0.39, 0.29) is 80.7 Å². The minimum atomic E-state index is -1.13. The number of alkyl carbamates (subject to hydrolysis) is 2. The van der Waals surface area contributed by atoms with E-state index in [1.54, 1.807) is 27.7 Å². The van der Waals surface area contributed by atoms with Gasteiger partial charge >= 0.3 is 24.2 Å². The first-order valence-corrected chi connectivity index (χ1v) is 26.4. The van der Waals surface area contributed by atoms with Gasteiger partial charge in [0.25, 0.3) is 5.91 Å². The number of nitrogens with one attached hydrogen (secondary N) is 5. The highest BCUT2D eigenvalue weighted by Crippen LogP contribution is 2.43. The van der Waals surface area contributed by atoms with Gasteiger partial charge in [0.1, 0.15) is 17.3 Å². The molecule has 0 saturated carbocycles. The molecule has 22 heteroatoms. The van der Waals surface area contributed by atoms with Gasteiger partial charge in [-0.15, -0.1) is 0 Å². The van der Waals surface area contributed by atoms with Crippen molar-refractivity contribution >= 4 is 74.6 Å². The maximum atomic E-state index is 13.5. The summed E-state index contributed by atoms with van der Waals surface area (Å²) < 4.78 is 33.6. The number of benzene rings is 3. The number of nitrogens with zero attached hydrogens (tertiary/aromatic N) is 1. The van der Waals surface area contributed by atoms with E-state index < -0.39 is 30.1 Å². The summed E-state index contributed by atoms with van der Waals surface area (Å²) in [5.74, 6) is 4.51. The minimum Gasteiger partial charge on any atom is -0.478 e. The Labute approximate surface area is 438 Å². The molecule has 1 aliphatic heterocycles. The van der Waals surface area contributed by atoms with Gasteiger partial charge < -0.3 is 65.5 Å². The van der Waals surface area contributed by atoms with Gasteiger partial charge in [-0.05, 0) is 108 Å². The van der Waals surface area contributed by atoms with Crippen LogP contribution in [-0.4, -0.2) is 131 Å². The number of rotatable bonds is 30. The lowest BCUT2D eigenvalue weighted by molar-refractivity contribution is -0.104. The van der Waals surface area contributed by atoms with Gasteiger partial charge in [0.05, 0.1) is 62.7 Å². The van der Waals surface area contributed by atoms with Gasteiger partial charge in [-0.2, -0.15) is 0 Å². The number of anilines is 1. The Hall–Kier alpha value is -6.77. The molecule has 8 N–H and O–H groups in total. The molecule has 0 saturated heterocycles. The van der Waals surface area contributed by atoms with E-state index in [9.17, 15) is 33.9 Å². The van der Waals surface area contributed by atoms with E-state index in [0.717, 1.165) is 28.4 Å². The van der Waals surface area contributed by atoms with Crippen molar-refractivity contribution in [3.05, 3.63) is 81.8 Å². The Morgan fingerprint density at radius 3 is 2.26 bits per heavy atom. The SMILES string of the molecule is CC/N=c1/cc2oc3cc(NCC)c(C)cc3c(-c3cc(C(=O)NCCOCCOCCNC(=O)OCCC(C)(C)SSCOCCCCOC(=O)NCC#C/C(C=O)=C/NC(N)=O)ccc3C(=O)O)c-2cc1C. The molecule has 0 radical (unpaired) electrons. The van der Waals surface area contributed by atoms with Crippen LogP contribution in [0.15, 0.2) is 63.6 Å². The quantitative estimate of drug-likeness (QED) is 0.00519. The molecule has 20 nitrogen and oxygen atoms in total.